The zero-order valence-corrected chi connectivity index (χ0v) is 23.2. The Morgan fingerprint density at radius 3 is 2.49 bits per heavy atom. The van der Waals surface area contributed by atoms with E-state index in [9.17, 15) is 39.0 Å². The molecule has 8 unspecified atom stereocenters. The normalized spacial score (nSPS) is 35.3. The molecule has 2 saturated carbocycles. The van der Waals surface area contributed by atoms with Crippen molar-refractivity contribution in [2.45, 2.75) is 37.3 Å². The highest BCUT2D eigenvalue weighted by atomic mass is 16.5. The Labute approximate surface area is 236 Å². The molecule has 12 heteroatoms. The van der Waals surface area contributed by atoms with Crippen molar-refractivity contribution in [3.8, 4) is 5.75 Å². The Bertz CT molecular complexity index is 1340. The van der Waals surface area contributed by atoms with Crippen LogP contribution in [0.15, 0.2) is 18.2 Å². The van der Waals surface area contributed by atoms with E-state index in [1.165, 1.54) is 25.1 Å². The topological polar surface area (TPSA) is 185 Å². The molecule has 3 fully saturated rings. The number of primary amides is 1. The second-order valence-electron chi connectivity index (χ2n) is 11.9. The van der Waals surface area contributed by atoms with E-state index in [0.29, 0.717) is 32.0 Å². The zero-order chi connectivity index (χ0) is 30.0. The first-order valence-corrected chi connectivity index (χ1v) is 13.8. The fourth-order valence-corrected chi connectivity index (χ4v) is 7.72. The van der Waals surface area contributed by atoms with Crippen LogP contribution in [0.5, 0.6) is 5.75 Å². The SMILES string of the molecule is CC1c2cccc(O)c2C(=O)C2C(=O)C3(O)C(=O)C(C(N)=O)C(=O)C(N(C)C)C3C(CC(=O)CCN3CCOC3)C21. The number of phenols is 1. The lowest BCUT2D eigenvalue weighted by Crippen LogP contribution is -2.76. The minimum absolute atomic E-state index is 0.0781. The Hall–Kier alpha value is -3.32. The molecule has 5 rings (SSSR count). The van der Waals surface area contributed by atoms with Crippen LogP contribution in [0, 0.1) is 29.6 Å². The van der Waals surface area contributed by atoms with Crippen LogP contribution in [0.4, 0.5) is 0 Å². The molecule has 1 aromatic rings. The predicted octanol–water partition coefficient (Wildman–Crippen LogP) is -0.707. The Morgan fingerprint density at radius 2 is 1.88 bits per heavy atom. The van der Waals surface area contributed by atoms with Crippen molar-refractivity contribution >= 4 is 34.8 Å². The van der Waals surface area contributed by atoms with E-state index < -0.39 is 76.2 Å². The molecule has 12 nitrogen and oxygen atoms in total. The van der Waals surface area contributed by atoms with Gasteiger partial charge in [0.2, 0.25) is 5.91 Å². The number of hydrogen-bond donors (Lipinski definition) is 3. The number of ether oxygens (including phenoxy) is 1. The number of likely N-dealkylation sites (N-methyl/N-ethyl adjacent to an activating group) is 1. The average Bonchev–Trinajstić information content (AvgIpc) is 3.42. The van der Waals surface area contributed by atoms with Crippen molar-refractivity contribution in [1.29, 1.82) is 0 Å². The molecule has 3 aliphatic carbocycles. The van der Waals surface area contributed by atoms with E-state index in [0.717, 1.165) is 0 Å². The summed E-state index contributed by atoms with van der Waals surface area (Å²) in [7, 11) is 3.03. The monoisotopic (exact) mass is 569 g/mol. The number of fused-ring (bicyclic) bond motifs is 3. The van der Waals surface area contributed by atoms with Gasteiger partial charge in [0, 0.05) is 31.8 Å². The second-order valence-corrected chi connectivity index (χ2v) is 11.9. The molecule has 1 amide bonds. The van der Waals surface area contributed by atoms with Crippen molar-refractivity contribution in [1.82, 2.24) is 9.80 Å². The average molecular weight is 570 g/mol. The number of aromatic hydroxyl groups is 1. The summed E-state index contributed by atoms with van der Waals surface area (Å²) in [6.07, 6.45) is -0.0947. The van der Waals surface area contributed by atoms with Crippen molar-refractivity contribution in [2.75, 3.05) is 40.5 Å². The van der Waals surface area contributed by atoms with Crippen molar-refractivity contribution in [3.05, 3.63) is 29.3 Å². The Balaban J connectivity index is 1.66. The molecule has 1 aromatic carbocycles. The molecule has 1 heterocycles. The van der Waals surface area contributed by atoms with Gasteiger partial charge in [0.1, 0.15) is 11.5 Å². The fourth-order valence-electron chi connectivity index (χ4n) is 7.72. The number of carbonyl (C=O) groups is 6. The van der Waals surface area contributed by atoms with Crippen molar-refractivity contribution < 1.29 is 43.7 Å². The summed E-state index contributed by atoms with van der Waals surface area (Å²) in [4.78, 5) is 84.6. The van der Waals surface area contributed by atoms with Crippen LogP contribution in [0.1, 0.15) is 41.6 Å². The van der Waals surface area contributed by atoms with Crippen LogP contribution in [-0.2, 0) is 28.7 Å². The first-order valence-electron chi connectivity index (χ1n) is 13.8. The number of benzene rings is 1. The van der Waals surface area contributed by atoms with Gasteiger partial charge in [-0.05, 0) is 43.5 Å². The molecule has 4 aliphatic rings. The quantitative estimate of drug-likeness (QED) is 0.353. The van der Waals surface area contributed by atoms with E-state index in [1.807, 2.05) is 4.90 Å². The van der Waals surface area contributed by atoms with E-state index in [4.69, 9.17) is 10.5 Å². The van der Waals surface area contributed by atoms with Gasteiger partial charge in [-0.15, -0.1) is 0 Å². The lowest BCUT2D eigenvalue weighted by Gasteiger charge is -2.57. The molecule has 0 aromatic heterocycles. The maximum absolute atomic E-state index is 14.2. The molecule has 1 saturated heterocycles. The molecule has 220 valence electrons. The van der Waals surface area contributed by atoms with Crippen LogP contribution in [0.2, 0.25) is 0 Å². The molecular weight excluding hydrogens is 534 g/mol. The maximum atomic E-state index is 14.2. The third-order valence-electron chi connectivity index (χ3n) is 9.54. The lowest BCUT2D eigenvalue weighted by molar-refractivity contribution is -0.190. The smallest absolute Gasteiger partial charge is 0.235 e. The van der Waals surface area contributed by atoms with Gasteiger partial charge in [-0.3, -0.25) is 38.6 Å². The highest BCUT2D eigenvalue weighted by Gasteiger charge is 2.72. The number of ketones is 5. The van der Waals surface area contributed by atoms with Crippen LogP contribution >= 0.6 is 0 Å². The molecule has 4 N–H and O–H groups in total. The van der Waals surface area contributed by atoms with Gasteiger partial charge in [0.15, 0.2) is 34.7 Å². The van der Waals surface area contributed by atoms with E-state index in [1.54, 1.807) is 19.1 Å². The van der Waals surface area contributed by atoms with Gasteiger partial charge in [-0.1, -0.05) is 19.1 Å². The Morgan fingerprint density at radius 1 is 1.17 bits per heavy atom. The summed E-state index contributed by atoms with van der Waals surface area (Å²) in [5.74, 6) is -13.5. The number of nitrogens with zero attached hydrogens (tertiary/aromatic N) is 2. The number of phenolic OH excluding ortho intramolecular Hbond substituents is 1. The van der Waals surface area contributed by atoms with Crippen molar-refractivity contribution in [3.63, 3.8) is 0 Å². The molecule has 1 aliphatic heterocycles. The summed E-state index contributed by atoms with van der Waals surface area (Å²) < 4.78 is 5.34. The third kappa shape index (κ3) is 4.35. The van der Waals surface area contributed by atoms with Crippen LogP contribution < -0.4 is 5.73 Å². The fraction of sp³-hybridized carbons (Fsp3) is 0.586. The number of hydrogen-bond acceptors (Lipinski definition) is 11. The van der Waals surface area contributed by atoms with E-state index >= 15 is 0 Å². The van der Waals surface area contributed by atoms with E-state index in [2.05, 4.69) is 0 Å². The number of aliphatic hydroxyl groups is 1. The molecule has 8 atom stereocenters. The van der Waals surface area contributed by atoms with Gasteiger partial charge in [0.25, 0.3) is 0 Å². The summed E-state index contributed by atoms with van der Waals surface area (Å²) in [5.41, 5.74) is 2.90. The van der Waals surface area contributed by atoms with Gasteiger partial charge < -0.3 is 20.7 Å². The number of Topliss-reactive ketones (excluding diaryl/α,β-unsaturated/α-hetero) is 5. The van der Waals surface area contributed by atoms with Crippen LogP contribution in [0.3, 0.4) is 0 Å². The first-order chi connectivity index (χ1) is 19.3. The summed E-state index contributed by atoms with van der Waals surface area (Å²) in [5, 5.41) is 22.7. The van der Waals surface area contributed by atoms with Crippen LogP contribution in [0.25, 0.3) is 0 Å². The summed E-state index contributed by atoms with van der Waals surface area (Å²) in [6, 6.07) is 3.24. The first kappa shape index (κ1) is 29.2. The maximum Gasteiger partial charge on any atom is 0.235 e. The van der Waals surface area contributed by atoms with Gasteiger partial charge >= 0.3 is 0 Å². The van der Waals surface area contributed by atoms with Crippen LogP contribution in [-0.4, -0.2) is 107 Å². The minimum atomic E-state index is -2.92. The molecule has 0 spiro atoms. The Kier molecular flexibility index (Phi) is 7.48. The summed E-state index contributed by atoms with van der Waals surface area (Å²) >= 11 is 0. The van der Waals surface area contributed by atoms with Crippen molar-refractivity contribution in [2.24, 2.45) is 35.3 Å². The molecule has 41 heavy (non-hydrogen) atoms. The number of carbonyl (C=O) groups excluding carboxylic acids is 6. The third-order valence-corrected chi connectivity index (χ3v) is 9.54. The standard InChI is InChI=1S/C29H35N3O9/c1-13-15-5-4-6-17(34)19(15)24(35)20-18(13)16(11-14(33)7-8-32-9-10-41-12-32)22-23(31(2)3)25(36)21(28(30)39)27(38)29(22,40)26(20)37/h4-6,13,16,18,20-23,34,40H,7-12H2,1-3H3,(H2,30,39). The van der Waals surface area contributed by atoms with Gasteiger partial charge in [-0.2, -0.15) is 0 Å². The number of amides is 1. The number of rotatable bonds is 7. The van der Waals surface area contributed by atoms with E-state index in [-0.39, 0.29) is 29.9 Å². The second kappa shape index (κ2) is 10.5. The molecule has 0 bridgehead atoms. The summed E-state index contributed by atoms with van der Waals surface area (Å²) in [6.45, 7) is 3.80. The highest BCUT2D eigenvalue weighted by molar-refractivity contribution is 6.32. The minimum Gasteiger partial charge on any atom is -0.507 e. The predicted molar refractivity (Wildman–Crippen MR) is 142 cm³/mol. The zero-order valence-electron chi connectivity index (χ0n) is 23.2. The molecule has 0 radical (unpaired) electrons. The number of nitrogens with two attached hydrogens (primary N) is 1. The van der Waals surface area contributed by atoms with Gasteiger partial charge in [0.05, 0.1) is 30.9 Å². The molecular formula is C29H35N3O9. The highest BCUT2D eigenvalue weighted by Crippen LogP contribution is 2.57. The lowest BCUT2D eigenvalue weighted by atomic mass is 9.46. The van der Waals surface area contributed by atoms with Gasteiger partial charge in [-0.25, -0.2) is 0 Å². The largest absolute Gasteiger partial charge is 0.507 e.